The van der Waals surface area contributed by atoms with E-state index in [0.29, 0.717) is 24.9 Å². The molecule has 0 fully saturated rings. The zero-order chi connectivity index (χ0) is 22.8. The average molecular weight is 470 g/mol. The van der Waals surface area contributed by atoms with E-state index in [9.17, 15) is 9.36 Å². The molecule has 0 saturated carbocycles. The predicted molar refractivity (Wildman–Crippen MR) is 133 cm³/mol. The molecule has 0 saturated heterocycles. The number of fused-ring (bicyclic) bond motifs is 1. The number of carbonyl (C=O) groups excluding carboxylic acids is 1. The summed E-state index contributed by atoms with van der Waals surface area (Å²) in [6, 6.07) is 24.3. The van der Waals surface area contributed by atoms with Gasteiger partial charge in [-0.25, -0.2) is 4.79 Å². The van der Waals surface area contributed by atoms with Crippen LogP contribution in [0, 0.1) is 0 Å². The first-order valence-electron chi connectivity index (χ1n) is 11.0. The van der Waals surface area contributed by atoms with Crippen LogP contribution in [0.2, 0.25) is 0 Å². The summed E-state index contributed by atoms with van der Waals surface area (Å²) < 4.78 is 24.6. The summed E-state index contributed by atoms with van der Waals surface area (Å²) in [6.07, 6.45) is 1.24. The molecule has 0 aliphatic carbocycles. The van der Waals surface area contributed by atoms with E-state index >= 15 is 0 Å². The summed E-state index contributed by atoms with van der Waals surface area (Å²) in [6.45, 7) is 4.25. The van der Waals surface area contributed by atoms with Gasteiger partial charge < -0.3 is 9.47 Å². The van der Waals surface area contributed by atoms with E-state index in [1.54, 1.807) is 18.7 Å². The van der Waals surface area contributed by atoms with Crippen LogP contribution in [-0.4, -0.2) is 36.4 Å². The van der Waals surface area contributed by atoms with Crippen LogP contribution >= 0.6 is 19.6 Å². The van der Waals surface area contributed by atoms with Gasteiger partial charge in [-0.1, -0.05) is 83.1 Å². The number of thioether (sulfide) groups is 1. The van der Waals surface area contributed by atoms with Crippen LogP contribution in [0.1, 0.15) is 25.8 Å². The van der Waals surface area contributed by atoms with Crippen molar-refractivity contribution in [3.05, 3.63) is 78.4 Å². The van der Waals surface area contributed by atoms with Gasteiger partial charge in [-0.2, -0.15) is 0 Å². The number of hydrogen-bond donors (Lipinski definition) is 0. The quantitative estimate of drug-likeness (QED) is 0.168. The van der Waals surface area contributed by atoms with Crippen molar-refractivity contribution in [2.24, 2.45) is 0 Å². The average Bonchev–Trinajstić information content (AvgIpc) is 2.82. The third-order valence-electron chi connectivity index (χ3n) is 5.27. The number of rotatable bonds is 12. The molecule has 0 radical (unpaired) electrons. The van der Waals surface area contributed by atoms with Gasteiger partial charge in [0.1, 0.15) is 0 Å². The lowest BCUT2D eigenvalue weighted by atomic mass is 9.96. The standard InChI is InChI=1S/C26H30O4PS/c1-3-29-25(27)26(30-4-2,18-17-21-11-6-5-7-12-21)19-31(28)20-32-24-16-10-14-22-13-8-9-15-23(22)24/h5-16H,3-4,17-20H2,1-2H3/q+1. The van der Waals surface area contributed by atoms with Crippen LogP contribution < -0.4 is 0 Å². The fourth-order valence-corrected chi connectivity index (χ4v) is 6.71. The van der Waals surface area contributed by atoms with Gasteiger partial charge in [0, 0.05) is 11.5 Å². The zero-order valence-electron chi connectivity index (χ0n) is 18.7. The van der Waals surface area contributed by atoms with Crippen molar-refractivity contribution in [1.29, 1.82) is 0 Å². The molecule has 0 spiro atoms. The molecule has 2 unspecified atom stereocenters. The molecule has 3 aromatic rings. The molecular formula is C26H30O4PS+. The second kappa shape index (κ2) is 12.2. The Kier molecular flexibility index (Phi) is 9.28. The van der Waals surface area contributed by atoms with Crippen LogP contribution in [0.25, 0.3) is 10.8 Å². The van der Waals surface area contributed by atoms with Gasteiger partial charge in [0.2, 0.25) is 5.60 Å². The Morgan fingerprint density at radius 2 is 1.66 bits per heavy atom. The van der Waals surface area contributed by atoms with Crippen molar-refractivity contribution in [3.8, 4) is 0 Å². The molecule has 0 aromatic heterocycles. The first kappa shape index (κ1) is 24.4. The number of carbonyl (C=O) groups is 1. The van der Waals surface area contributed by atoms with Crippen molar-refractivity contribution in [2.75, 3.05) is 24.9 Å². The maximum atomic E-state index is 13.2. The van der Waals surface area contributed by atoms with Gasteiger partial charge in [0.15, 0.2) is 11.7 Å². The van der Waals surface area contributed by atoms with Crippen molar-refractivity contribution < 1.29 is 18.8 Å². The molecule has 168 valence electrons. The number of esters is 1. The van der Waals surface area contributed by atoms with Crippen molar-refractivity contribution in [2.45, 2.75) is 37.2 Å². The smallest absolute Gasteiger partial charge is 0.353 e. The van der Waals surface area contributed by atoms with E-state index < -0.39 is 19.4 Å². The summed E-state index contributed by atoms with van der Waals surface area (Å²) in [5, 5.41) is 2.31. The fraction of sp³-hybridized carbons (Fsp3) is 0.346. The van der Waals surface area contributed by atoms with E-state index in [2.05, 4.69) is 18.2 Å². The second-order valence-electron chi connectivity index (χ2n) is 7.52. The highest BCUT2D eigenvalue weighted by atomic mass is 32.2. The Bertz CT molecular complexity index is 1030. The molecule has 3 aromatic carbocycles. The van der Waals surface area contributed by atoms with E-state index in [-0.39, 0.29) is 12.8 Å². The molecule has 0 aliphatic heterocycles. The molecule has 0 amide bonds. The van der Waals surface area contributed by atoms with E-state index in [1.807, 2.05) is 61.5 Å². The van der Waals surface area contributed by atoms with Crippen molar-refractivity contribution in [1.82, 2.24) is 0 Å². The Balaban J connectivity index is 1.74. The van der Waals surface area contributed by atoms with Crippen LogP contribution in [0.3, 0.4) is 0 Å². The van der Waals surface area contributed by atoms with E-state index in [1.165, 1.54) is 0 Å². The molecule has 3 rings (SSSR count). The van der Waals surface area contributed by atoms with Crippen molar-refractivity contribution in [3.63, 3.8) is 0 Å². The Morgan fingerprint density at radius 1 is 0.938 bits per heavy atom. The fourth-order valence-electron chi connectivity index (χ4n) is 3.75. The molecule has 0 N–H and O–H groups in total. The molecule has 32 heavy (non-hydrogen) atoms. The monoisotopic (exact) mass is 469 g/mol. The Labute approximate surface area is 195 Å². The van der Waals surface area contributed by atoms with Crippen LogP contribution in [0.5, 0.6) is 0 Å². The van der Waals surface area contributed by atoms with E-state index in [4.69, 9.17) is 9.47 Å². The first-order chi connectivity index (χ1) is 15.6. The van der Waals surface area contributed by atoms with Crippen LogP contribution in [-0.2, 0) is 25.3 Å². The second-order valence-corrected chi connectivity index (χ2v) is 10.6. The summed E-state index contributed by atoms with van der Waals surface area (Å²) in [5.74, 6) is -0.420. The number of benzene rings is 3. The minimum Gasteiger partial charge on any atom is -0.464 e. The minimum absolute atomic E-state index is 0.152. The molecule has 6 heteroatoms. The van der Waals surface area contributed by atoms with Gasteiger partial charge in [-0.15, -0.1) is 0 Å². The normalized spacial score (nSPS) is 13.5. The molecule has 0 aliphatic rings. The lowest BCUT2D eigenvalue weighted by Crippen LogP contribution is -2.46. The highest BCUT2D eigenvalue weighted by molar-refractivity contribution is 8.04. The summed E-state index contributed by atoms with van der Waals surface area (Å²) in [5.41, 5.74) is 0.331. The van der Waals surface area contributed by atoms with E-state index in [0.717, 1.165) is 21.2 Å². The first-order valence-corrected chi connectivity index (χ1v) is 13.6. The number of aryl methyl sites for hydroxylation is 1. The summed E-state index contributed by atoms with van der Waals surface area (Å²) >= 11 is 1.56. The SMILES string of the molecule is CCOC(=O)C(CCc1ccccc1)(C[P+](=O)CSc1cccc2ccccc12)OCC. The maximum absolute atomic E-state index is 13.2. The van der Waals surface area contributed by atoms with Gasteiger partial charge >= 0.3 is 13.8 Å². The highest BCUT2D eigenvalue weighted by Gasteiger charge is 2.47. The topological polar surface area (TPSA) is 52.6 Å². The Hall–Kier alpha value is -2.20. The van der Waals surface area contributed by atoms with Crippen LogP contribution in [0.4, 0.5) is 0 Å². The van der Waals surface area contributed by atoms with Gasteiger partial charge in [0.05, 0.1) is 6.61 Å². The van der Waals surface area contributed by atoms with Gasteiger partial charge in [0.25, 0.3) is 0 Å². The zero-order valence-corrected chi connectivity index (χ0v) is 20.4. The molecule has 0 heterocycles. The predicted octanol–water partition coefficient (Wildman–Crippen LogP) is 6.69. The molecular weight excluding hydrogens is 439 g/mol. The molecule has 2 atom stereocenters. The van der Waals surface area contributed by atoms with Gasteiger partial charge in [-0.3, -0.25) is 0 Å². The summed E-state index contributed by atoms with van der Waals surface area (Å²) in [7, 11) is -1.70. The highest BCUT2D eigenvalue weighted by Crippen LogP contribution is 2.39. The van der Waals surface area contributed by atoms with Gasteiger partial charge in [-0.05, 0) is 49.1 Å². The lowest BCUT2D eigenvalue weighted by molar-refractivity contribution is -0.169. The van der Waals surface area contributed by atoms with Crippen LogP contribution in [0.15, 0.2) is 77.7 Å². The third kappa shape index (κ3) is 6.41. The largest absolute Gasteiger partial charge is 0.464 e. The Morgan fingerprint density at radius 3 is 2.41 bits per heavy atom. The maximum Gasteiger partial charge on any atom is 0.353 e. The molecule has 4 nitrogen and oxygen atoms in total. The number of hydrogen-bond acceptors (Lipinski definition) is 5. The van der Waals surface area contributed by atoms with Crippen molar-refractivity contribution >= 4 is 36.3 Å². The number of ether oxygens (including phenoxy) is 2. The minimum atomic E-state index is -1.70. The lowest BCUT2D eigenvalue weighted by Gasteiger charge is -2.27. The third-order valence-corrected chi connectivity index (χ3v) is 8.47. The molecule has 0 bridgehead atoms. The summed E-state index contributed by atoms with van der Waals surface area (Å²) in [4.78, 5) is 14.1.